The van der Waals surface area contributed by atoms with Crippen LogP contribution in [0, 0.1) is 5.82 Å². The molecule has 1 aliphatic heterocycles. The van der Waals surface area contributed by atoms with Crippen molar-refractivity contribution >= 4 is 0 Å². The smallest absolute Gasteiger partial charge is 0.123 e. The topological polar surface area (TPSA) is 3.24 Å². The van der Waals surface area contributed by atoms with E-state index in [1.54, 1.807) is 12.1 Å². The second-order valence-corrected chi connectivity index (χ2v) is 4.11. The third kappa shape index (κ3) is 2.13. The second kappa shape index (κ2) is 4.09. The van der Waals surface area contributed by atoms with E-state index in [1.807, 2.05) is 12.1 Å². The maximum absolute atomic E-state index is 12.7. The van der Waals surface area contributed by atoms with Crippen molar-refractivity contribution in [3.05, 3.63) is 35.6 Å². The molecule has 1 saturated heterocycles. The fourth-order valence-electron chi connectivity index (χ4n) is 2.13. The molecule has 1 aromatic rings. The van der Waals surface area contributed by atoms with Gasteiger partial charge in [0.25, 0.3) is 0 Å². The number of nitrogens with zero attached hydrogens (tertiary/aromatic N) is 1. The zero-order chi connectivity index (χ0) is 9.97. The van der Waals surface area contributed by atoms with Crippen molar-refractivity contribution in [3.8, 4) is 0 Å². The Morgan fingerprint density at radius 1 is 1.36 bits per heavy atom. The Balaban J connectivity index is 2.00. The van der Waals surface area contributed by atoms with Crippen LogP contribution in [0.15, 0.2) is 24.3 Å². The number of hydrogen-bond donors (Lipinski definition) is 0. The van der Waals surface area contributed by atoms with Gasteiger partial charge in [0, 0.05) is 6.04 Å². The van der Waals surface area contributed by atoms with Crippen LogP contribution in [0.2, 0.25) is 0 Å². The Bertz CT molecular complexity index is 294. The summed E-state index contributed by atoms with van der Waals surface area (Å²) in [5.41, 5.74) is 1.24. The lowest BCUT2D eigenvalue weighted by molar-refractivity contribution is 0.309. The van der Waals surface area contributed by atoms with E-state index >= 15 is 0 Å². The Hall–Kier alpha value is -0.890. The molecule has 1 nitrogen and oxygen atoms in total. The molecule has 1 atom stereocenters. The first-order valence-electron chi connectivity index (χ1n) is 5.20. The van der Waals surface area contributed by atoms with Crippen molar-refractivity contribution in [2.45, 2.75) is 25.3 Å². The quantitative estimate of drug-likeness (QED) is 0.697. The number of hydrogen-bond acceptors (Lipinski definition) is 1. The first-order chi connectivity index (χ1) is 6.75. The van der Waals surface area contributed by atoms with Crippen molar-refractivity contribution in [3.63, 3.8) is 0 Å². The lowest BCUT2D eigenvalue weighted by Crippen LogP contribution is -2.26. The van der Waals surface area contributed by atoms with Crippen LogP contribution >= 0.6 is 0 Å². The summed E-state index contributed by atoms with van der Waals surface area (Å²) in [6.07, 6.45) is 3.62. The summed E-state index contributed by atoms with van der Waals surface area (Å²) in [5, 5.41) is 0. The molecule has 0 radical (unpaired) electrons. The van der Waals surface area contributed by atoms with Crippen LogP contribution in [-0.4, -0.2) is 24.5 Å². The number of likely N-dealkylation sites (tertiary alicyclic amines) is 1. The molecule has 0 aliphatic carbocycles. The molecular weight excluding hydrogens is 177 g/mol. The summed E-state index contributed by atoms with van der Waals surface area (Å²) in [6, 6.07) is 7.53. The maximum atomic E-state index is 12.7. The van der Waals surface area contributed by atoms with Gasteiger partial charge in [0.1, 0.15) is 5.82 Å². The van der Waals surface area contributed by atoms with Crippen LogP contribution < -0.4 is 0 Å². The van der Waals surface area contributed by atoms with Crippen molar-refractivity contribution in [1.29, 1.82) is 0 Å². The van der Waals surface area contributed by atoms with Crippen molar-refractivity contribution in [2.24, 2.45) is 0 Å². The van der Waals surface area contributed by atoms with E-state index in [1.165, 1.54) is 24.9 Å². The van der Waals surface area contributed by atoms with Crippen molar-refractivity contribution < 1.29 is 4.39 Å². The van der Waals surface area contributed by atoms with E-state index in [4.69, 9.17) is 0 Å². The molecule has 1 unspecified atom stereocenters. The normalized spacial score (nSPS) is 22.9. The van der Waals surface area contributed by atoms with Crippen LogP contribution in [0.25, 0.3) is 0 Å². The molecule has 0 aromatic heterocycles. The van der Waals surface area contributed by atoms with Gasteiger partial charge >= 0.3 is 0 Å². The lowest BCUT2D eigenvalue weighted by atomic mass is 10.0. The summed E-state index contributed by atoms with van der Waals surface area (Å²) in [7, 11) is 2.17. The molecular formula is C12H16FN. The highest BCUT2D eigenvalue weighted by Crippen LogP contribution is 2.19. The van der Waals surface area contributed by atoms with Crippen LogP contribution in [0.1, 0.15) is 18.4 Å². The van der Waals surface area contributed by atoms with E-state index < -0.39 is 0 Å². The summed E-state index contributed by atoms with van der Waals surface area (Å²) < 4.78 is 12.7. The van der Waals surface area contributed by atoms with Gasteiger partial charge in [0.2, 0.25) is 0 Å². The lowest BCUT2D eigenvalue weighted by Gasteiger charge is -2.19. The number of halogens is 1. The highest BCUT2D eigenvalue weighted by atomic mass is 19.1. The van der Waals surface area contributed by atoms with Gasteiger partial charge in [-0.3, -0.25) is 0 Å². The summed E-state index contributed by atoms with van der Waals surface area (Å²) in [6.45, 7) is 1.20. The fraction of sp³-hybridized carbons (Fsp3) is 0.500. The summed E-state index contributed by atoms with van der Waals surface area (Å²) in [5.74, 6) is -0.145. The minimum Gasteiger partial charge on any atom is -0.303 e. The first-order valence-corrected chi connectivity index (χ1v) is 5.20. The SMILES string of the molecule is CN1CCCC1Cc1ccc(F)cc1. The van der Waals surface area contributed by atoms with Gasteiger partial charge in [-0.15, -0.1) is 0 Å². The maximum Gasteiger partial charge on any atom is 0.123 e. The standard InChI is InChI=1S/C12H16FN/c1-14-8-2-3-12(14)9-10-4-6-11(13)7-5-10/h4-7,12H,2-3,8-9H2,1H3. The molecule has 0 bridgehead atoms. The molecule has 14 heavy (non-hydrogen) atoms. The number of benzene rings is 1. The van der Waals surface area contributed by atoms with Gasteiger partial charge in [-0.25, -0.2) is 4.39 Å². The molecule has 0 saturated carbocycles. The highest BCUT2D eigenvalue weighted by Gasteiger charge is 2.20. The summed E-state index contributed by atoms with van der Waals surface area (Å²) >= 11 is 0. The van der Waals surface area contributed by atoms with E-state index in [-0.39, 0.29) is 5.82 Å². The van der Waals surface area contributed by atoms with Gasteiger partial charge in [0.05, 0.1) is 0 Å². The number of rotatable bonds is 2. The Labute approximate surface area is 84.5 Å². The van der Waals surface area contributed by atoms with E-state index in [2.05, 4.69) is 11.9 Å². The summed E-state index contributed by atoms with van der Waals surface area (Å²) in [4.78, 5) is 2.39. The van der Waals surface area contributed by atoms with Gasteiger partial charge in [-0.05, 0) is 50.6 Å². The van der Waals surface area contributed by atoms with E-state index in [0.717, 1.165) is 6.42 Å². The van der Waals surface area contributed by atoms with Crippen LogP contribution in [0.3, 0.4) is 0 Å². The van der Waals surface area contributed by atoms with Gasteiger partial charge in [-0.2, -0.15) is 0 Å². The van der Waals surface area contributed by atoms with Crippen molar-refractivity contribution in [1.82, 2.24) is 4.90 Å². The van der Waals surface area contributed by atoms with Crippen LogP contribution in [0.4, 0.5) is 4.39 Å². The average Bonchev–Trinajstić information content (AvgIpc) is 2.56. The zero-order valence-electron chi connectivity index (χ0n) is 8.54. The first kappa shape index (κ1) is 9.66. The van der Waals surface area contributed by atoms with Crippen LogP contribution in [0.5, 0.6) is 0 Å². The molecule has 0 spiro atoms. The van der Waals surface area contributed by atoms with Gasteiger partial charge < -0.3 is 4.90 Å². The third-order valence-electron chi connectivity index (χ3n) is 3.06. The highest BCUT2D eigenvalue weighted by molar-refractivity contribution is 5.17. The fourth-order valence-corrected chi connectivity index (χ4v) is 2.13. The Kier molecular flexibility index (Phi) is 2.82. The monoisotopic (exact) mass is 193 g/mol. The molecule has 1 fully saturated rings. The van der Waals surface area contributed by atoms with Gasteiger partial charge in [-0.1, -0.05) is 12.1 Å². The van der Waals surface area contributed by atoms with E-state index in [9.17, 15) is 4.39 Å². The Morgan fingerprint density at radius 2 is 2.07 bits per heavy atom. The third-order valence-corrected chi connectivity index (χ3v) is 3.06. The number of likely N-dealkylation sites (N-methyl/N-ethyl adjacent to an activating group) is 1. The predicted octanol–water partition coefficient (Wildman–Crippen LogP) is 2.46. The largest absolute Gasteiger partial charge is 0.303 e. The molecule has 2 heteroatoms. The molecule has 76 valence electrons. The van der Waals surface area contributed by atoms with E-state index in [0.29, 0.717) is 6.04 Å². The molecule has 1 aliphatic rings. The minimum atomic E-state index is -0.145. The Morgan fingerprint density at radius 3 is 2.64 bits per heavy atom. The molecule has 1 heterocycles. The molecule has 1 aromatic carbocycles. The van der Waals surface area contributed by atoms with Gasteiger partial charge in [0.15, 0.2) is 0 Å². The minimum absolute atomic E-state index is 0.145. The zero-order valence-corrected chi connectivity index (χ0v) is 8.54. The average molecular weight is 193 g/mol. The second-order valence-electron chi connectivity index (χ2n) is 4.11. The molecule has 2 rings (SSSR count). The predicted molar refractivity (Wildman–Crippen MR) is 55.8 cm³/mol. The molecule has 0 N–H and O–H groups in total. The van der Waals surface area contributed by atoms with Crippen molar-refractivity contribution in [2.75, 3.05) is 13.6 Å². The van der Waals surface area contributed by atoms with Crippen LogP contribution in [-0.2, 0) is 6.42 Å². The molecule has 0 amide bonds.